The van der Waals surface area contributed by atoms with E-state index in [1.54, 1.807) is 4.57 Å². The first kappa shape index (κ1) is 16.9. The number of ether oxygens (including phenoxy) is 1. The van der Waals surface area contributed by atoms with E-state index < -0.39 is 0 Å². The Kier molecular flexibility index (Phi) is 5.11. The summed E-state index contributed by atoms with van der Waals surface area (Å²) in [6.07, 6.45) is 2.14. The van der Waals surface area contributed by atoms with Crippen LogP contribution in [0.15, 0.2) is 24.3 Å². The molecule has 2 unspecified atom stereocenters. The summed E-state index contributed by atoms with van der Waals surface area (Å²) in [6.45, 7) is 4.91. The predicted octanol–water partition coefficient (Wildman–Crippen LogP) is 2.60. The maximum absolute atomic E-state index is 12.4. The Hall–Kier alpha value is -1.99. The number of H-pyrrole nitrogens is 1. The summed E-state index contributed by atoms with van der Waals surface area (Å²) in [6, 6.07) is 7.96. The van der Waals surface area contributed by atoms with Crippen molar-refractivity contribution in [1.82, 2.24) is 20.1 Å². The zero-order valence-electron chi connectivity index (χ0n) is 13.9. The van der Waals surface area contributed by atoms with Gasteiger partial charge in [-0.25, -0.2) is 0 Å². The molecule has 0 saturated carbocycles. The van der Waals surface area contributed by atoms with E-state index in [0.717, 1.165) is 25.0 Å². The van der Waals surface area contributed by atoms with E-state index in [0.29, 0.717) is 10.6 Å². The maximum Gasteiger partial charge on any atom is 0.240 e. The Balaban J connectivity index is 1.72. The molecule has 0 spiro atoms. The second-order valence-electron chi connectivity index (χ2n) is 6.21. The second kappa shape index (κ2) is 7.27. The van der Waals surface area contributed by atoms with Crippen LogP contribution < -0.4 is 5.32 Å². The number of nitrogens with one attached hydrogen (secondary N) is 2. The number of rotatable bonds is 5. The lowest BCUT2D eigenvalue weighted by Gasteiger charge is -2.20. The third kappa shape index (κ3) is 3.73. The van der Waals surface area contributed by atoms with Gasteiger partial charge in [-0.05, 0) is 38.9 Å². The summed E-state index contributed by atoms with van der Waals surface area (Å²) < 4.78 is 7.77. The fourth-order valence-corrected chi connectivity index (χ4v) is 3.12. The van der Waals surface area contributed by atoms with Crippen molar-refractivity contribution < 1.29 is 9.53 Å². The normalized spacial score (nSPS) is 18.5. The van der Waals surface area contributed by atoms with Crippen LogP contribution in [0.25, 0.3) is 11.4 Å². The van der Waals surface area contributed by atoms with Crippen LogP contribution in [0.4, 0.5) is 0 Å². The van der Waals surface area contributed by atoms with E-state index in [9.17, 15) is 4.79 Å². The minimum absolute atomic E-state index is 0.0103. The first-order valence-electron chi connectivity index (χ1n) is 8.18. The summed E-state index contributed by atoms with van der Waals surface area (Å²) in [5, 5.41) is 10.0. The SMILES string of the molecule is Cc1ccc(-c2n[nH]c(=S)n2CC(=O)NC(C)C2CCCO2)cc1. The summed E-state index contributed by atoms with van der Waals surface area (Å²) >= 11 is 5.28. The molecule has 0 bridgehead atoms. The Labute approximate surface area is 146 Å². The van der Waals surface area contributed by atoms with Crippen molar-refractivity contribution in [3.05, 3.63) is 34.6 Å². The van der Waals surface area contributed by atoms with E-state index in [-0.39, 0.29) is 24.6 Å². The van der Waals surface area contributed by atoms with Crippen LogP contribution in [0.3, 0.4) is 0 Å². The molecule has 0 radical (unpaired) electrons. The average Bonchev–Trinajstić information content (AvgIpc) is 3.20. The van der Waals surface area contributed by atoms with Gasteiger partial charge < -0.3 is 10.1 Å². The summed E-state index contributed by atoms with van der Waals surface area (Å²) in [5.41, 5.74) is 2.09. The lowest BCUT2D eigenvalue weighted by molar-refractivity contribution is -0.123. The first-order chi connectivity index (χ1) is 11.5. The molecule has 2 atom stereocenters. The molecule has 24 heavy (non-hydrogen) atoms. The molecule has 1 aliphatic heterocycles. The van der Waals surface area contributed by atoms with Gasteiger partial charge >= 0.3 is 0 Å². The van der Waals surface area contributed by atoms with E-state index in [4.69, 9.17) is 17.0 Å². The van der Waals surface area contributed by atoms with Gasteiger partial charge in [-0.2, -0.15) is 5.10 Å². The number of hydrogen-bond donors (Lipinski definition) is 2. The van der Waals surface area contributed by atoms with Crippen LogP contribution in [-0.4, -0.2) is 39.4 Å². The molecule has 1 aromatic carbocycles. The summed E-state index contributed by atoms with van der Waals surface area (Å²) in [7, 11) is 0. The second-order valence-corrected chi connectivity index (χ2v) is 6.60. The minimum atomic E-state index is -0.0936. The molecule has 128 valence electrons. The smallest absolute Gasteiger partial charge is 0.240 e. The molecule has 0 aliphatic carbocycles. The average molecular weight is 346 g/mol. The molecule has 1 amide bonds. The van der Waals surface area contributed by atoms with E-state index in [1.807, 2.05) is 38.1 Å². The monoisotopic (exact) mass is 346 g/mol. The number of nitrogens with zero attached hydrogens (tertiary/aromatic N) is 2. The molecule has 2 N–H and O–H groups in total. The van der Waals surface area contributed by atoms with Gasteiger partial charge in [-0.15, -0.1) is 0 Å². The Bertz CT molecular complexity index is 760. The fraction of sp³-hybridized carbons (Fsp3) is 0.471. The van der Waals surface area contributed by atoms with Gasteiger partial charge in [0.05, 0.1) is 12.1 Å². The standard InChI is InChI=1S/C17H22N4O2S/c1-11-5-7-13(8-6-11)16-19-20-17(24)21(16)10-15(22)18-12(2)14-4-3-9-23-14/h5-8,12,14H,3-4,9-10H2,1-2H3,(H,18,22)(H,20,24). The zero-order valence-corrected chi connectivity index (χ0v) is 14.7. The topological polar surface area (TPSA) is 71.9 Å². The third-order valence-corrected chi connectivity index (χ3v) is 4.59. The third-order valence-electron chi connectivity index (χ3n) is 4.28. The Morgan fingerprint density at radius 2 is 2.25 bits per heavy atom. The summed E-state index contributed by atoms with van der Waals surface area (Å²) in [5.74, 6) is 0.573. The van der Waals surface area contributed by atoms with Gasteiger partial charge in [-0.3, -0.25) is 14.5 Å². The molecule has 3 rings (SSSR count). The molecule has 2 heterocycles. The van der Waals surface area contributed by atoms with Crippen LogP contribution >= 0.6 is 12.2 Å². The highest BCUT2D eigenvalue weighted by Gasteiger charge is 2.24. The van der Waals surface area contributed by atoms with Crippen LogP contribution in [0.2, 0.25) is 0 Å². The van der Waals surface area contributed by atoms with E-state index in [1.165, 1.54) is 5.56 Å². The lowest BCUT2D eigenvalue weighted by Crippen LogP contribution is -2.42. The van der Waals surface area contributed by atoms with Crippen LogP contribution in [0.1, 0.15) is 25.3 Å². The number of hydrogen-bond acceptors (Lipinski definition) is 4. The number of carbonyl (C=O) groups is 1. The first-order valence-corrected chi connectivity index (χ1v) is 8.58. The zero-order chi connectivity index (χ0) is 17.1. The Morgan fingerprint density at radius 1 is 1.50 bits per heavy atom. The highest BCUT2D eigenvalue weighted by atomic mass is 32.1. The molecule has 1 aliphatic rings. The molecule has 7 heteroatoms. The quantitative estimate of drug-likeness (QED) is 0.817. The van der Waals surface area contributed by atoms with Gasteiger partial charge in [-0.1, -0.05) is 29.8 Å². The molecule has 6 nitrogen and oxygen atoms in total. The summed E-state index contributed by atoms with van der Waals surface area (Å²) in [4.78, 5) is 12.4. The maximum atomic E-state index is 12.4. The van der Waals surface area contributed by atoms with Crippen molar-refractivity contribution in [3.8, 4) is 11.4 Å². The number of amides is 1. The number of carbonyl (C=O) groups excluding carboxylic acids is 1. The Morgan fingerprint density at radius 3 is 2.92 bits per heavy atom. The number of aromatic amines is 1. The highest BCUT2D eigenvalue weighted by molar-refractivity contribution is 7.71. The van der Waals surface area contributed by atoms with Gasteiger partial charge in [0.25, 0.3) is 0 Å². The van der Waals surface area contributed by atoms with Crippen LogP contribution in [0, 0.1) is 11.7 Å². The number of benzene rings is 1. The van der Waals surface area contributed by atoms with Crippen molar-refractivity contribution in [2.24, 2.45) is 0 Å². The number of aryl methyl sites for hydroxylation is 1. The fourth-order valence-electron chi connectivity index (χ4n) is 2.92. The van der Waals surface area contributed by atoms with Crippen molar-refractivity contribution in [2.75, 3.05) is 6.61 Å². The van der Waals surface area contributed by atoms with Crippen molar-refractivity contribution in [2.45, 2.75) is 45.4 Å². The lowest BCUT2D eigenvalue weighted by atomic mass is 10.1. The molecule has 1 fully saturated rings. The molecular formula is C17H22N4O2S. The van der Waals surface area contributed by atoms with E-state index in [2.05, 4.69) is 15.5 Å². The van der Waals surface area contributed by atoms with E-state index >= 15 is 0 Å². The van der Waals surface area contributed by atoms with Crippen molar-refractivity contribution in [3.63, 3.8) is 0 Å². The van der Waals surface area contributed by atoms with Crippen LogP contribution in [0.5, 0.6) is 0 Å². The van der Waals surface area contributed by atoms with Gasteiger partial charge in [0.15, 0.2) is 10.6 Å². The van der Waals surface area contributed by atoms with Crippen molar-refractivity contribution in [1.29, 1.82) is 0 Å². The minimum Gasteiger partial charge on any atom is -0.376 e. The van der Waals surface area contributed by atoms with Gasteiger partial charge in [0, 0.05) is 12.2 Å². The molecule has 2 aromatic rings. The molecule has 1 aromatic heterocycles. The van der Waals surface area contributed by atoms with Gasteiger partial charge in [0.1, 0.15) is 6.54 Å². The number of aromatic nitrogens is 3. The van der Waals surface area contributed by atoms with Crippen molar-refractivity contribution >= 4 is 18.1 Å². The largest absolute Gasteiger partial charge is 0.376 e. The predicted molar refractivity (Wildman–Crippen MR) is 94.2 cm³/mol. The molecule has 1 saturated heterocycles. The van der Waals surface area contributed by atoms with Crippen LogP contribution in [-0.2, 0) is 16.1 Å². The molecular weight excluding hydrogens is 324 g/mol. The van der Waals surface area contributed by atoms with Gasteiger partial charge in [0.2, 0.25) is 5.91 Å². The highest BCUT2D eigenvalue weighted by Crippen LogP contribution is 2.18.